The number of aliphatic hydroxyl groups is 1. The van der Waals surface area contributed by atoms with Crippen LogP contribution in [0.2, 0.25) is 0 Å². The van der Waals surface area contributed by atoms with Crippen LogP contribution in [0.4, 0.5) is 0 Å². The van der Waals surface area contributed by atoms with Crippen LogP contribution in [0.5, 0.6) is 0 Å². The minimum Gasteiger partial charge on any atom is -0.466 e. The summed E-state index contributed by atoms with van der Waals surface area (Å²) < 4.78 is 5.41. The highest BCUT2D eigenvalue weighted by Gasteiger charge is 2.65. The van der Waals surface area contributed by atoms with Crippen LogP contribution in [0.25, 0.3) is 0 Å². The number of carbonyl (C=O) groups is 1. The SMILES string of the molecule is C=C[C@@H]1C=C(C)[C@H]2[C@@H]([C@H](O)[C@H]3[C@H](C)C[C@H](C)C[C@@]32C)[C@@H]1C(=O)OCC. The summed E-state index contributed by atoms with van der Waals surface area (Å²) >= 11 is 0. The molecule has 3 heteroatoms. The Kier molecular flexibility index (Phi) is 4.91. The quantitative estimate of drug-likeness (QED) is 0.615. The fourth-order valence-electron chi connectivity index (χ4n) is 7.12. The summed E-state index contributed by atoms with van der Waals surface area (Å²) in [7, 11) is 0. The van der Waals surface area contributed by atoms with Crippen molar-refractivity contribution in [1.29, 1.82) is 0 Å². The lowest BCUT2D eigenvalue weighted by Gasteiger charge is -2.48. The van der Waals surface area contributed by atoms with Gasteiger partial charge in [-0.05, 0) is 55.8 Å². The van der Waals surface area contributed by atoms with Crippen LogP contribution < -0.4 is 0 Å². The van der Waals surface area contributed by atoms with Gasteiger partial charge >= 0.3 is 5.97 Å². The minimum atomic E-state index is -0.446. The molecule has 0 saturated heterocycles. The minimum absolute atomic E-state index is 0.0496. The fourth-order valence-corrected chi connectivity index (χ4v) is 7.12. The van der Waals surface area contributed by atoms with Crippen LogP contribution in [0.1, 0.15) is 47.5 Å². The average molecular weight is 347 g/mol. The third kappa shape index (κ3) is 2.70. The molecule has 0 heterocycles. The second kappa shape index (κ2) is 6.57. The number of carbonyl (C=O) groups excluding carboxylic acids is 1. The summed E-state index contributed by atoms with van der Waals surface area (Å²) in [5.74, 6) is 1.05. The highest BCUT2D eigenvalue weighted by Crippen LogP contribution is 2.66. The molecule has 0 bridgehead atoms. The van der Waals surface area contributed by atoms with Gasteiger partial charge in [0.15, 0.2) is 0 Å². The fraction of sp³-hybridized carbons (Fsp3) is 0.773. The van der Waals surface area contributed by atoms with Gasteiger partial charge in [-0.1, -0.05) is 38.5 Å². The molecule has 2 fully saturated rings. The number of rotatable bonds is 3. The number of hydrogen-bond donors (Lipinski definition) is 1. The van der Waals surface area contributed by atoms with E-state index in [0.29, 0.717) is 18.4 Å². The zero-order valence-electron chi connectivity index (χ0n) is 16.4. The summed E-state index contributed by atoms with van der Waals surface area (Å²) in [6.07, 6.45) is 5.90. The van der Waals surface area contributed by atoms with Crippen molar-refractivity contribution in [3.05, 3.63) is 24.3 Å². The Labute approximate surface area is 152 Å². The molecule has 25 heavy (non-hydrogen) atoms. The predicted molar refractivity (Wildman–Crippen MR) is 99.7 cm³/mol. The van der Waals surface area contributed by atoms with E-state index in [1.807, 2.05) is 13.0 Å². The predicted octanol–water partition coefficient (Wildman–Crippen LogP) is 4.22. The maximum absolute atomic E-state index is 12.8. The summed E-state index contributed by atoms with van der Waals surface area (Å²) in [5, 5.41) is 11.4. The molecule has 0 aliphatic heterocycles. The van der Waals surface area contributed by atoms with E-state index < -0.39 is 6.10 Å². The lowest BCUT2D eigenvalue weighted by atomic mass is 9.56. The Balaban J connectivity index is 2.09. The van der Waals surface area contributed by atoms with Crippen LogP contribution in [-0.2, 0) is 9.53 Å². The molecule has 0 amide bonds. The van der Waals surface area contributed by atoms with Gasteiger partial charge in [-0.3, -0.25) is 4.79 Å². The van der Waals surface area contributed by atoms with Gasteiger partial charge in [0, 0.05) is 11.8 Å². The Morgan fingerprint density at radius 2 is 2.16 bits per heavy atom. The number of ether oxygens (including phenoxy) is 1. The van der Waals surface area contributed by atoms with Crippen LogP contribution in [0.15, 0.2) is 24.3 Å². The largest absolute Gasteiger partial charge is 0.466 e. The van der Waals surface area contributed by atoms with E-state index >= 15 is 0 Å². The zero-order valence-corrected chi connectivity index (χ0v) is 16.4. The van der Waals surface area contributed by atoms with Crippen LogP contribution in [0, 0.1) is 46.8 Å². The lowest BCUT2D eigenvalue weighted by Crippen LogP contribution is -2.43. The number of fused-ring (bicyclic) bond motifs is 3. The molecular formula is C22H34O3. The normalized spacial score (nSPS) is 49.0. The Morgan fingerprint density at radius 3 is 2.76 bits per heavy atom. The first-order chi connectivity index (χ1) is 11.8. The van der Waals surface area contributed by atoms with Crippen molar-refractivity contribution < 1.29 is 14.6 Å². The standard InChI is InChI=1S/C22H34O3/c1-7-15-10-14(5)18-17(16(15)21(24)25-8-2)20(23)19-13(4)9-12(3)11-22(18,19)6/h7,10,12-13,15-20,23H,1,8-9,11H2,2-6H3/t12-,13+,15+,16+,17-,18-,19+,20-,22+/m0/s1. The Morgan fingerprint density at radius 1 is 1.48 bits per heavy atom. The monoisotopic (exact) mass is 346 g/mol. The van der Waals surface area contributed by atoms with Gasteiger partial charge in [-0.25, -0.2) is 0 Å². The second-order valence-electron chi connectivity index (χ2n) is 9.10. The molecule has 0 aromatic heterocycles. The summed E-state index contributed by atoms with van der Waals surface area (Å²) in [4.78, 5) is 12.8. The van der Waals surface area contributed by atoms with Gasteiger partial charge in [0.1, 0.15) is 0 Å². The third-order valence-electron chi connectivity index (χ3n) is 7.40. The molecule has 0 aromatic rings. The molecule has 0 unspecified atom stereocenters. The van der Waals surface area contributed by atoms with E-state index in [-0.39, 0.29) is 41.0 Å². The van der Waals surface area contributed by atoms with Gasteiger partial charge in [-0.2, -0.15) is 0 Å². The first kappa shape index (κ1) is 18.7. The average Bonchev–Trinajstić information content (AvgIpc) is 2.75. The summed E-state index contributed by atoms with van der Waals surface area (Å²) in [5.41, 5.74) is 1.37. The molecule has 0 spiro atoms. The summed E-state index contributed by atoms with van der Waals surface area (Å²) in [6.45, 7) is 15.3. The highest BCUT2D eigenvalue weighted by molar-refractivity contribution is 5.74. The van der Waals surface area contributed by atoms with Crippen molar-refractivity contribution in [2.24, 2.45) is 46.8 Å². The van der Waals surface area contributed by atoms with E-state index in [4.69, 9.17) is 4.74 Å². The molecule has 9 atom stereocenters. The molecular weight excluding hydrogens is 312 g/mol. The van der Waals surface area contributed by atoms with Crippen LogP contribution in [0.3, 0.4) is 0 Å². The van der Waals surface area contributed by atoms with Crippen molar-refractivity contribution in [2.75, 3.05) is 6.61 Å². The van der Waals surface area contributed by atoms with E-state index in [2.05, 4.69) is 40.3 Å². The number of allylic oxidation sites excluding steroid dienone is 3. The van der Waals surface area contributed by atoms with Crippen molar-refractivity contribution >= 4 is 5.97 Å². The van der Waals surface area contributed by atoms with Gasteiger partial charge in [0.2, 0.25) is 0 Å². The van der Waals surface area contributed by atoms with Crippen LogP contribution in [-0.4, -0.2) is 23.8 Å². The smallest absolute Gasteiger partial charge is 0.310 e. The van der Waals surface area contributed by atoms with Gasteiger partial charge < -0.3 is 9.84 Å². The topological polar surface area (TPSA) is 46.5 Å². The molecule has 0 aromatic carbocycles. The van der Waals surface area contributed by atoms with Crippen molar-refractivity contribution in [3.8, 4) is 0 Å². The molecule has 3 nitrogen and oxygen atoms in total. The number of aliphatic hydroxyl groups excluding tert-OH is 1. The Hall–Kier alpha value is -1.09. The van der Waals surface area contributed by atoms with Crippen molar-refractivity contribution in [3.63, 3.8) is 0 Å². The summed E-state index contributed by atoms with van der Waals surface area (Å²) in [6, 6.07) is 0. The van der Waals surface area contributed by atoms with E-state index in [0.717, 1.165) is 12.8 Å². The number of esters is 1. The van der Waals surface area contributed by atoms with Crippen LogP contribution >= 0.6 is 0 Å². The number of hydrogen-bond acceptors (Lipinski definition) is 3. The maximum Gasteiger partial charge on any atom is 0.310 e. The molecule has 1 N–H and O–H groups in total. The van der Waals surface area contributed by atoms with Crippen molar-refractivity contribution in [2.45, 2.75) is 53.6 Å². The first-order valence-electron chi connectivity index (χ1n) is 9.91. The second-order valence-corrected chi connectivity index (χ2v) is 9.10. The van der Waals surface area contributed by atoms with E-state index in [9.17, 15) is 9.90 Å². The zero-order chi connectivity index (χ0) is 18.5. The molecule has 3 aliphatic carbocycles. The van der Waals surface area contributed by atoms with Crippen molar-refractivity contribution in [1.82, 2.24) is 0 Å². The highest BCUT2D eigenvalue weighted by atomic mass is 16.5. The third-order valence-corrected chi connectivity index (χ3v) is 7.40. The van der Waals surface area contributed by atoms with Gasteiger partial charge in [0.25, 0.3) is 0 Å². The van der Waals surface area contributed by atoms with Gasteiger partial charge in [0.05, 0.1) is 18.6 Å². The van der Waals surface area contributed by atoms with E-state index in [1.165, 1.54) is 5.57 Å². The Bertz CT molecular complexity index is 580. The molecule has 140 valence electrons. The first-order valence-corrected chi connectivity index (χ1v) is 9.91. The van der Waals surface area contributed by atoms with Gasteiger partial charge in [-0.15, -0.1) is 6.58 Å². The molecule has 2 saturated carbocycles. The lowest BCUT2D eigenvalue weighted by molar-refractivity contribution is -0.154. The van der Waals surface area contributed by atoms with E-state index in [1.54, 1.807) is 0 Å². The molecule has 0 radical (unpaired) electrons. The molecule has 3 aliphatic rings. The maximum atomic E-state index is 12.8. The molecule has 3 rings (SSSR count).